The van der Waals surface area contributed by atoms with Crippen LogP contribution >= 0.6 is 0 Å². The molecule has 232 valence electrons. The van der Waals surface area contributed by atoms with Gasteiger partial charge in [-0.05, 0) is 108 Å². The molecule has 0 fully saturated rings. The van der Waals surface area contributed by atoms with Gasteiger partial charge in [0.15, 0.2) is 0 Å². The van der Waals surface area contributed by atoms with Crippen LogP contribution < -0.4 is 0 Å². The first kappa shape index (κ1) is 27.3. The summed E-state index contributed by atoms with van der Waals surface area (Å²) >= 11 is 0. The maximum Gasteiger partial charge on any atom is 0.136 e. The van der Waals surface area contributed by atoms with Crippen LogP contribution in [0.25, 0.3) is 110 Å². The Kier molecular flexibility index (Phi) is 5.70. The van der Waals surface area contributed by atoms with E-state index in [1.54, 1.807) is 0 Å². The predicted molar refractivity (Wildman–Crippen MR) is 210 cm³/mol. The van der Waals surface area contributed by atoms with Crippen LogP contribution in [0.2, 0.25) is 0 Å². The lowest BCUT2D eigenvalue weighted by Gasteiger charge is -2.18. The highest BCUT2D eigenvalue weighted by molar-refractivity contribution is 6.26. The monoisotopic (exact) mass is 636 g/mol. The molecule has 0 aliphatic heterocycles. The van der Waals surface area contributed by atoms with Crippen LogP contribution in [0, 0.1) is 0 Å². The average molecular weight is 637 g/mol. The van der Waals surface area contributed by atoms with Crippen molar-refractivity contribution < 1.29 is 8.83 Å². The molecule has 0 aliphatic rings. The molecule has 2 nitrogen and oxygen atoms in total. The van der Waals surface area contributed by atoms with Crippen molar-refractivity contribution in [2.75, 3.05) is 0 Å². The van der Waals surface area contributed by atoms with Gasteiger partial charge in [0.1, 0.15) is 22.3 Å². The number of hydrogen-bond donors (Lipinski definition) is 0. The van der Waals surface area contributed by atoms with Crippen molar-refractivity contribution in [1.29, 1.82) is 0 Å². The highest BCUT2D eigenvalue weighted by Crippen LogP contribution is 2.45. The minimum Gasteiger partial charge on any atom is -0.456 e. The van der Waals surface area contributed by atoms with Gasteiger partial charge >= 0.3 is 0 Å². The number of benzene rings is 9. The molecule has 11 rings (SSSR count). The highest BCUT2D eigenvalue weighted by atomic mass is 16.3. The molecule has 0 amide bonds. The van der Waals surface area contributed by atoms with Gasteiger partial charge in [-0.3, -0.25) is 0 Å². The summed E-state index contributed by atoms with van der Waals surface area (Å²) in [7, 11) is 0. The Morgan fingerprint density at radius 2 is 0.740 bits per heavy atom. The number of hydrogen-bond acceptors (Lipinski definition) is 2. The van der Waals surface area contributed by atoms with Crippen molar-refractivity contribution in [3.63, 3.8) is 0 Å². The van der Waals surface area contributed by atoms with Gasteiger partial charge in [0.05, 0.1) is 0 Å². The minimum absolute atomic E-state index is 0.870. The van der Waals surface area contributed by atoms with Gasteiger partial charge in [0, 0.05) is 21.5 Å². The second kappa shape index (κ2) is 10.4. The molecule has 0 N–H and O–H groups in total. The van der Waals surface area contributed by atoms with Crippen molar-refractivity contribution in [2.45, 2.75) is 0 Å². The maximum absolute atomic E-state index is 6.39. The molecule has 50 heavy (non-hydrogen) atoms. The Bertz CT molecular complexity index is 3100. The van der Waals surface area contributed by atoms with E-state index in [2.05, 4.69) is 146 Å². The molecule has 2 aromatic heterocycles. The third-order valence-electron chi connectivity index (χ3n) is 10.4. The highest BCUT2D eigenvalue weighted by Gasteiger charge is 2.19. The fraction of sp³-hybridized carbons (Fsp3) is 0. The third-order valence-corrected chi connectivity index (χ3v) is 10.4. The van der Waals surface area contributed by atoms with Gasteiger partial charge in [-0.2, -0.15) is 0 Å². The lowest BCUT2D eigenvalue weighted by Crippen LogP contribution is -1.91. The summed E-state index contributed by atoms with van der Waals surface area (Å²) in [6.07, 6.45) is 0. The summed E-state index contributed by atoms with van der Waals surface area (Å²) < 4.78 is 12.6. The van der Waals surface area contributed by atoms with Gasteiger partial charge in [0.2, 0.25) is 0 Å². The predicted octanol–water partition coefficient (Wildman–Crippen LogP) is 13.9. The van der Waals surface area contributed by atoms with Crippen LogP contribution in [0.5, 0.6) is 0 Å². The van der Waals surface area contributed by atoms with Crippen molar-refractivity contribution in [3.05, 3.63) is 170 Å². The summed E-state index contributed by atoms with van der Waals surface area (Å²) in [4.78, 5) is 0. The standard InChI is InChI=1S/C48H28O2/c1-2-11-30-26-34(21-20-29(30)10-1)46-37-16-5-3-14-35(37)45(36-15-4-6-17-38(36)46)33-13-9-12-31(27-33)32-22-23-42-40(28-32)48-44(50-42)25-24-43-47(48)39-18-7-8-19-41(39)49-43/h1-28H. The zero-order chi connectivity index (χ0) is 32.8. The zero-order valence-electron chi connectivity index (χ0n) is 27.0. The molecule has 0 saturated carbocycles. The number of fused-ring (bicyclic) bond motifs is 10. The second-order valence-corrected chi connectivity index (χ2v) is 13.2. The Morgan fingerprint density at radius 1 is 0.260 bits per heavy atom. The topological polar surface area (TPSA) is 26.3 Å². The van der Waals surface area contributed by atoms with Crippen LogP contribution in [-0.4, -0.2) is 0 Å². The summed E-state index contributed by atoms with van der Waals surface area (Å²) in [5.74, 6) is 0. The summed E-state index contributed by atoms with van der Waals surface area (Å²) in [6, 6.07) is 61.0. The van der Waals surface area contributed by atoms with Crippen LogP contribution in [0.15, 0.2) is 179 Å². The van der Waals surface area contributed by atoms with Gasteiger partial charge in [0.25, 0.3) is 0 Å². The Hall–Kier alpha value is -6.64. The lowest BCUT2D eigenvalue weighted by molar-refractivity contribution is 0.663. The van der Waals surface area contributed by atoms with E-state index in [-0.39, 0.29) is 0 Å². The molecule has 9 aromatic carbocycles. The SMILES string of the molecule is c1cc(-c2ccc3oc4ccc5oc6ccccc6c5c4c3c2)cc(-c2c3ccccc3c(-c3ccc4ccccc4c3)c3ccccc23)c1. The van der Waals surface area contributed by atoms with Crippen molar-refractivity contribution >= 4 is 76.2 Å². The molecule has 0 atom stereocenters. The smallest absolute Gasteiger partial charge is 0.136 e. The fourth-order valence-electron chi connectivity index (χ4n) is 8.21. The Balaban J connectivity index is 1.13. The van der Waals surface area contributed by atoms with Crippen molar-refractivity contribution in [1.82, 2.24) is 0 Å². The molecule has 0 bridgehead atoms. The average Bonchev–Trinajstić information content (AvgIpc) is 3.74. The summed E-state index contributed by atoms with van der Waals surface area (Å²) in [6.45, 7) is 0. The number of rotatable bonds is 3. The third kappa shape index (κ3) is 3.96. The quantitative estimate of drug-likeness (QED) is 0.180. The van der Waals surface area contributed by atoms with E-state index < -0.39 is 0 Å². The lowest BCUT2D eigenvalue weighted by atomic mass is 9.85. The molecule has 11 aromatic rings. The van der Waals surface area contributed by atoms with Gasteiger partial charge in [-0.1, -0.05) is 127 Å². The molecule has 0 saturated heterocycles. The normalized spacial score (nSPS) is 12.0. The van der Waals surface area contributed by atoms with Crippen LogP contribution in [-0.2, 0) is 0 Å². The van der Waals surface area contributed by atoms with Crippen LogP contribution in [0.1, 0.15) is 0 Å². The first-order chi connectivity index (χ1) is 24.8. The van der Waals surface area contributed by atoms with Crippen molar-refractivity contribution in [2.24, 2.45) is 0 Å². The molecule has 2 heteroatoms. The van der Waals surface area contributed by atoms with Crippen molar-refractivity contribution in [3.8, 4) is 33.4 Å². The fourth-order valence-corrected chi connectivity index (χ4v) is 8.21. The molecule has 0 aliphatic carbocycles. The van der Waals surface area contributed by atoms with Gasteiger partial charge in [-0.15, -0.1) is 0 Å². The first-order valence-corrected chi connectivity index (χ1v) is 17.1. The maximum atomic E-state index is 6.39. The van der Waals surface area contributed by atoms with Crippen LogP contribution in [0.3, 0.4) is 0 Å². The van der Waals surface area contributed by atoms with E-state index in [0.717, 1.165) is 55.0 Å². The number of para-hydroxylation sites is 1. The number of furan rings is 2. The van der Waals surface area contributed by atoms with E-state index in [1.165, 1.54) is 54.6 Å². The molecule has 0 unspecified atom stereocenters. The summed E-state index contributed by atoms with van der Waals surface area (Å²) in [5, 5.41) is 11.9. The largest absolute Gasteiger partial charge is 0.456 e. The summed E-state index contributed by atoms with van der Waals surface area (Å²) in [5.41, 5.74) is 10.8. The zero-order valence-corrected chi connectivity index (χ0v) is 27.0. The van der Waals surface area contributed by atoms with E-state index in [0.29, 0.717) is 0 Å². The minimum atomic E-state index is 0.870. The van der Waals surface area contributed by atoms with E-state index in [4.69, 9.17) is 8.83 Å². The van der Waals surface area contributed by atoms with E-state index in [1.807, 2.05) is 24.3 Å². The van der Waals surface area contributed by atoms with E-state index in [9.17, 15) is 0 Å². The van der Waals surface area contributed by atoms with E-state index >= 15 is 0 Å². The second-order valence-electron chi connectivity index (χ2n) is 13.2. The first-order valence-electron chi connectivity index (χ1n) is 17.1. The molecular weight excluding hydrogens is 609 g/mol. The molecule has 0 radical (unpaired) electrons. The molecule has 2 heterocycles. The Labute approximate surface area is 287 Å². The van der Waals surface area contributed by atoms with Gasteiger partial charge in [-0.25, -0.2) is 0 Å². The van der Waals surface area contributed by atoms with Crippen LogP contribution in [0.4, 0.5) is 0 Å². The Morgan fingerprint density at radius 3 is 1.44 bits per heavy atom. The van der Waals surface area contributed by atoms with Gasteiger partial charge < -0.3 is 8.83 Å². The molecular formula is C48H28O2. The molecule has 0 spiro atoms.